The topological polar surface area (TPSA) is 58.2 Å². The average Bonchev–Trinajstić information content (AvgIpc) is 2.85. The fourth-order valence-electron chi connectivity index (χ4n) is 1.90. The van der Waals surface area contributed by atoms with Gasteiger partial charge in [-0.3, -0.25) is 0 Å². The number of rotatable bonds is 9. The van der Waals surface area contributed by atoms with Gasteiger partial charge >= 0.3 is 0 Å². The molecule has 1 heterocycles. The summed E-state index contributed by atoms with van der Waals surface area (Å²) in [5, 5.41) is 5.21. The summed E-state index contributed by atoms with van der Waals surface area (Å²) in [6, 6.07) is 4.20. The number of sulfonamides is 1. The second-order valence-electron chi connectivity index (χ2n) is 5.64. The maximum absolute atomic E-state index is 12.2. The van der Waals surface area contributed by atoms with E-state index >= 15 is 0 Å². The molecule has 0 bridgehead atoms. The van der Waals surface area contributed by atoms with Gasteiger partial charge in [0.25, 0.3) is 0 Å². The molecule has 20 heavy (non-hydrogen) atoms. The van der Waals surface area contributed by atoms with E-state index in [1.165, 1.54) is 0 Å². The van der Waals surface area contributed by atoms with Gasteiger partial charge in [0, 0.05) is 10.9 Å². The quantitative estimate of drug-likeness (QED) is 0.688. The largest absolute Gasteiger partial charge is 0.314 e. The molecule has 116 valence electrons. The van der Waals surface area contributed by atoms with Crippen molar-refractivity contribution in [2.24, 2.45) is 5.92 Å². The molecular formula is C14H26N2O2S2. The first-order valence-electron chi connectivity index (χ1n) is 7.08. The van der Waals surface area contributed by atoms with Gasteiger partial charge in [0.1, 0.15) is 0 Å². The number of nitrogens with one attached hydrogen (secondary N) is 2. The van der Waals surface area contributed by atoms with Crippen molar-refractivity contribution in [3.05, 3.63) is 22.4 Å². The third-order valence-corrected chi connectivity index (χ3v) is 5.36. The van der Waals surface area contributed by atoms with Gasteiger partial charge in [-0.05, 0) is 30.3 Å². The molecule has 1 aromatic heterocycles. The van der Waals surface area contributed by atoms with Gasteiger partial charge in [0.05, 0.1) is 11.8 Å². The normalized spacial score (nSPS) is 14.1. The number of hydrogen-bond acceptors (Lipinski definition) is 4. The van der Waals surface area contributed by atoms with Crippen molar-refractivity contribution in [1.29, 1.82) is 0 Å². The Morgan fingerprint density at radius 2 is 1.95 bits per heavy atom. The molecule has 0 saturated carbocycles. The fraction of sp³-hybridized carbons (Fsp3) is 0.714. The Morgan fingerprint density at radius 3 is 2.45 bits per heavy atom. The van der Waals surface area contributed by atoms with Crippen LogP contribution in [-0.2, 0) is 10.0 Å². The SMILES string of the molecule is CC(C)NCCCS(=O)(=O)NC(c1cccs1)C(C)C. The van der Waals surface area contributed by atoms with E-state index in [1.807, 2.05) is 31.4 Å². The summed E-state index contributed by atoms with van der Waals surface area (Å²) in [6.45, 7) is 8.90. The Bertz CT molecular complexity index is 467. The second kappa shape index (κ2) is 8.12. The molecule has 0 amide bonds. The molecule has 4 nitrogen and oxygen atoms in total. The molecule has 0 aliphatic heterocycles. The molecular weight excluding hydrogens is 292 g/mol. The van der Waals surface area contributed by atoms with Crippen LogP contribution in [0, 0.1) is 5.92 Å². The van der Waals surface area contributed by atoms with Gasteiger partial charge in [-0.1, -0.05) is 33.8 Å². The minimum atomic E-state index is -3.23. The molecule has 1 unspecified atom stereocenters. The van der Waals surface area contributed by atoms with Crippen LogP contribution < -0.4 is 10.0 Å². The Balaban J connectivity index is 2.54. The van der Waals surface area contributed by atoms with Gasteiger partial charge in [0.2, 0.25) is 10.0 Å². The van der Waals surface area contributed by atoms with Crippen LogP contribution >= 0.6 is 11.3 Å². The van der Waals surface area contributed by atoms with E-state index in [4.69, 9.17) is 0 Å². The van der Waals surface area contributed by atoms with Crippen molar-refractivity contribution in [1.82, 2.24) is 10.0 Å². The van der Waals surface area contributed by atoms with Crippen molar-refractivity contribution >= 4 is 21.4 Å². The van der Waals surface area contributed by atoms with Crippen LogP contribution in [0.5, 0.6) is 0 Å². The van der Waals surface area contributed by atoms with Crippen LogP contribution in [0.25, 0.3) is 0 Å². The second-order valence-corrected chi connectivity index (χ2v) is 8.49. The molecule has 6 heteroatoms. The molecule has 0 saturated heterocycles. The van der Waals surface area contributed by atoms with Crippen LogP contribution in [-0.4, -0.2) is 26.8 Å². The van der Waals surface area contributed by atoms with Crippen molar-refractivity contribution < 1.29 is 8.42 Å². The zero-order valence-electron chi connectivity index (χ0n) is 12.7. The van der Waals surface area contributed by atoms with Crippen LogP contribution in [0.15, 0.2) is 17.5 Å². The standard InChI is InChI=1S/C14H26N2O2S2/c1-11(2)14(13-7-5-9-19-13)16-20(17,18)10-6-8-15-12(3)4/h5,7,9,11-12,14-16H,6,8,10H2,1-4H3. The predicted molar refractivity (Wildman–Crippen MR) is 86.6 cm³/mol. The lowest BCUT2D eigenvalue weighted by Crippen LogP contribution is -2.34. The highest BCUT2D eigenvalue weighted by Crippen LogP contribution is 2.26. The Morgan fingerprint density at radius 1 is 1.25 bits per heavy atom. The van der Waals surface area contributed by atoms with Crippen molar-refractivity contribution in [2.45, 2.75) is 46.2 Å². The minimum absolute atomic E-state index is 0.127. The summed E-state index contributed by atoms with van der Waals surface area (Å²) in [4.78, 5) is 1.07. The van der Waals surface area contributed by atoms with E-state index in [0.717, 1.165) is 11.4 Å². The number of hydrogen-bond donors (Lipinski definition) is 2. The molecule has 0 aliphatic carbocycles. The highest BCUT2D eigenvalue weighted by molar-refractivity contribution is 7.89. The minimum Gasteiger partial charge on any atom is -0.314 e. The van der Waals surface area contributed by atoms with E-state index in [2.05, 4.69) is 23.9 Å². The molecule has 0 aromatic carbocycles. The third kappa shape index (κ3) is 6.35. The fourth-order valence-corrected chi connectivity index (χ4v) is 4.35. The van der Waals surface area contributed by atoms with Gasteiger partial charge in [-0.2, -0.15) is 0 Å². The van der Waals surface area contributed by atoms with E-state index < -0.39 is 10.0 Å². The van der Waals surface area contributed by atoms with Crippen LogP contribution in [0.4, 0.5) is 0 Å². The van der Waals surface area contributed by atoms with E-state index in [-0.39, 0.29) is 17.7 Å². The van der Waals surface area contributed by atoms with Gasteiger partial charge in [-0.25, -0.2) is 13.1 Å². The Hall–Kier alpha value is -0.430. The molecule has 1 rings (SSSR count). The van der Waals surface area contributed by atoms with Crippen LogP contribution in [0.3, 0.4) is 0 Å². The molecule has 0 fully saturated rings. The lowest BCUT2D eigenvalue weighted by atomic mass is 10.0. The van der Waals surface area contributed by atoms with Crippen LogP contribution in [0.2, 0.25) is 0 Å². The van der Waals surface area contributed by atoms with Crippen molar-refractivity contribution in [2.75, 3.05) is 12.3 Å². The summed E-state index contributed by atoms with van der Waals surface area (Å²) in [5.41, 5.74) is 0. The molecule has 0 spiro atoms. The Labute approximate surface area is 127 Å². The number of thiophene rings is 1. The molecule has 0 aliphatic rings. The molecule has 1 atom stereocenters. The summed E-state index contributed by atoms with van der Waals surface area (Å²) < 4.78 is 27.1. The lowest BCUT2D eigenvalue weighted by molar-refractivity contribution is 0.467. The maximum Gasteiger partial charge on any atom is 0.212 e. The van der Waals surface area contributed by atoms with Crippen molar-refractivity contribution in [3.63, 3.8) is 0 Å². The maximum atomic E-state index is 12.2. The highest BCUT2D eigenvalue weighted by Gasteiger charge is 2.22. The van der Waals surface area contributed by atoms with E-state index in [1.54, 1.807) is 11.3 Å². The molecule has 2 N–H and O–H groups in total. The molecule has 1 aromatic rings. The summed E-state index contributed by atoms with van der Waals surface area (Å²) in [5.74, 6) is 0.402. The van der Waals surface area contributed by atoms with Gasteiger partial charge in [-0.15, -0.1) is 11.3 Å². The first-order valence-corrected chi connectivity index (χ1v) is 9.62. The summed E-state index contributed by atoms with van der Waals surface area (Å²) >= 11 is 1.59. The zero-order chi connectivity index (χ0) is 15.2. The van der Waals surface area contributed by atoms with E-state index in [9.17, 15) is 8.42 Å². The first-order chi connectivity index (χ1) is 9.32. The summed E-state index contributed by atoms with van der Waals surface area (Å²) in [7, 11) is -3.23. The van der Waals surface area contributed by atoms with Gasteiger partial charge < -0.3 is 5.32 Å². The lowest BCUT2D eigenvalue weighted by Gasteiger charge is -2.21. The molecule has 0 radical (unpaired) electrons. The average molecular weight is 319 g/mol. The highest BCUT2D eigenvalue weighted by atomic mass is 32.2. The smallest absolute Gasteiger partial charge is 0.212 e. The van der Waals surface area contributed by atoms with Gasteiger partial charge in [0.15, 0.2) is 0 Å². The van der Waals surface area contributed by atoms with Crippen LogP contribution in [0.1, 0.15) is 45.0 Å². The Kier molecular flexibility index (Phi) is 7.15. The first kappa shape index (κ1) is 17.6. The zero-order valence-corrected chi connectivity index (χ0v) is 14.4. The third-order valence-electron chi connectivity index (χ3n) is 2.97. The monoisotopic (exact) mass is 318 g/mol. The van der Waals surface area contributed by atoms with E-state index in [0.29, 0.717) is 12.5 Å². The predicted octanol–water partition coefficient (Wildman–Crippen LogP) is 2.75. The summed E-state index contributed by atoms with van der Waals surface area (Å²) in [6.07, 6.45) is 0.628. The van der Waals surface area contributed by atoms with Crippen molar-refractivity contribution in [3.8, 4) is 0 Å².